The molecule has 7 nitrogen and oxygen atoms in total. The summed E-state index contributed by atoms with van der Waals surface area (Å²) < 4.78 is 53.3. The molecule has 1 fully saturated rings. The van der Waals surface area contributed by atoms with Crippen molar-refractivity contribution < 1.29 is 27.4 Å². The molecule has 10 heteroatoms. The molecule has 2 aromatic carbocycles. The first-order valence-corrected chi connectivity index (χ1v) is 11.6. The molecule has 0 bridgehead atoms. The topological polar surface area (TPSA) is 67.8 Å². The van der Waals surface area contributed by atoms with Gasteiger partial charge in [0.1, 0.15) is 17.2 Å². The van der Waals surface area contributed by atoms with Gasteiger partial charge < -0.3 is 19.3 Å². The summed E-state index contributed by atoms with van der Waals surface area (Å²) in [6.07, 6.45) is -0.472. The molecule has 37 heavy (non-hydrogen) atoms. The number of carbonyl (C=O) groups is 1. The number of rotatable bonds is 5. The lowest BCUT2D eigenvalue weighted by Gasteiger charge is -2.36. The smallest absolute Gasteiger partial charge is 0.433 e. The molecule has 0 N–H and O–H groups in total. The monoisotopic (exact) mass is 508 g/mol. The summed E-state index contributed by atoms with van der Waals surface area (Å²) in [6, 6.07) is 11.8. The lowest BCUT2D eigenvalue weighted by atomic mass is 10.1. The summed E-state index contributed by atoms with van der Waals surface area (Å²) in [5.41, 5.74) is -0.563. The van der Waals surface area contributed by atoms with E-state index < -0.39 is 11.9 Å². The van der Waals surface area contributed by atoms with E-state index in [-0.39, 0.29) is 11.8 Å². The van der Waals surface area contributed by atoms with E-state index in [1.165, 1.54) is 25.6 Å². The third-order valence-corrected chi connectivity index (χ3v) is 6.34. The maximum Gasteiger partial charge on any atom is 0.433 e. The van der Waals surface area contributed by atoms with Gasteiger partial charge in [-0.3, -0.25) is 9.78 Å². The minimum atomic E-state index is -4.70. The van der Waals surface area contributed by atoms with E-state index in [0.717, 1.165) is 11.5 Å². The molecule has 2 aromatic heterocycles. The van der Waals surface area contributed by atoms with Crippen molar-refractivity contribution in [2.75, 3.05) is 38.2 Å². The number of amides is 1. The van der Waals surface area contributed by atoms with Gasteiger partial charge in [-0.25, -0.2) is 4.98 Å². The van der Waals surface area contributed by atoms with Crippen molar-refractivity contribution >= 4 is 33.1 Å². The average molecular weight is 509 g/mol. The van der Waals surface area contributed by atoms with Crippen LogP contribution in [0.25, 0.3) is 21.5 Å². The van der Waals surface area contributed by atoms with E-state index in [1.54, 1.807) is 11.0 Å². The van der Waals surface area contributed by atoms with E-state index >= 15 is 0 Å². The fraction of sp³-hybridized carbons (Fsp3) is 0.222. The Balaban J connectivity index is 1.62. The Labute approximate surface area is 210 Å². The number of ether oxygens (including phenoxy) is 2. The SMILES string of the molecule is C=CC(=O)N1CCN(c2cncc3c(Oc4cc(OC)cc5ccccc45)nc(C(F)(F)F)cc23)CC1. The van der Waals surface area contributed by atoms with Crippen LogP contribution in [0.1, 0.15) is 5.69 Å². The van der Waals surface area contributed by atoms with Gasteiger partial charge in [-0.05, 0) is 23.6 Å². The van der Waals surface area contributed by atoms with Crippen molar-refractivity contribution in [3.05, 3.63) is 73.2 Å². The van der Waals surface area contributed by atoms with Crippen molar-refractivity contribution in [3.63, 3.8) is 0 Å². The highest BCUT2D eigenvalue weighted by molar-refractivity contribution is 5.97. The molecular weight excluding hydrogens is 485 g/mol. The van der Waals surface area contributed by atoms with Crippen LogP contribution in [0.5, 0.6) is 17.4 Å². The summed E-state index contributed by atoms with van der Waals surface area (Å²) in [5.74, 6) is 0.416. The highest BCUT2D eigenvalue weighted by Gasteiger charge is 2.35. The lowest BCUT2D eigenvalue weighted by molar-refractivity contribution is -0.141. The third kappa shape index (κ3) is 4.74. The van der Waals surface area contributed by atoms with E-state index in [9.17, 15) is 18.0 Å². The van der Waals surface area contributed by atoms with Gasteiger partial charge in [0.15, 0.2) is 0 Å². The predicted molar refractivity (Wildman–Crippen MR) is 134 cm³/mol. The quantitative estimate of drug-likeness (QED) is 0.335. The number of fused-ring (bicyclic) bond motifs is 2. The highest BCUT2D eigenvalue weighted by Crippen LogP contribution is 2.40. The van der Waals surface area contributed by atoms with Gasteiger partial charge in [-0.1, -0.05) is 30.8 Å². The minimum Gasteiger partial charge on any atom is -0.497 e. The number of hydrogen-bond donors (Lipinski definition) is 0. The Hall–Kier alpha value is -4.34. The van der Waals surface area contributed by atoms with Crippen LogP contribution in [0, 0.1) is 0 Å². The molecule has 0 aliphatic carbocycles. The van der Waals surface area contributed by atoms with E-state index in [1.807, 2.05) is 35.2 Å². The van der Waals surface area contributed by atoms with Crippen LogP contribution in [0.3, 0.4) is 0 Å². The van der Waals surface area contributed by atoms with Gasteiger partial charge >= 0.3 is 6.18 Å². The van der Waals surface area contributed by atoms with Gasteiger partial charge in [0.05, 0.1) is 24.4 Å². The van der Waals surface area contributed by atoms with E-state index in [2.05, 4.69) is 16.5 Å². The first-order chi connectivity index (χ1) is 17.8. The molecule has 5 rings (SSSR count). The summed E-state index contributed by atoms with van der Waals surface area (Å²) in [6.45, 7) is 5.20. The summed E-state index contributed by atoms with van der Waals surface area (Å²) in [7, 11) is 1.50. The molecule has 1 saturated heterocycles. The van der Waals surface area contributed by atoms with Crippen molar-refractivity contribution in [3.8, 4) is 17.4 Å². The number of halogens is 3. The van der Waals surface area contributed by atoms with Gasteiger partial charge in [0, 0.05) is 49.2 Å². The zero-order valence-electron chi connectivity index (χ0n) is 20.0. The number of piperazine rings is 1. The van der Waals surface area contributed by atoms with Crippen molar-refractivity contribution in [1.82, 2.24) is 14.9 Å². The van der Waals surface area contributed by atoms with E-state index in [4.69, 9.17) is 9.47 Å². The largest absolute Gasteiger partial charge is 0.497 e. The molecule has 4 aromatic rings. The van der Waals surface area contributed by atoms with Crippen LogP contribution in [0.4, 0.5) is 18.9 Å². The standard InChI is InChI=1S/C27H23F3N4O3/c1-3-25(35)34-10-8-33(9-11-34)22-16-31-15-21-20(22)14-24(27(28,29)30)32-26(21)37-23-13-18(36-2)12-17-6-4-5-7-19(17)23/h3-7,12-16H,1,8-11H2,2H3. The Bertz CT molecular complexity index is 1500. The number of hydrogen-bond acceptors (Lipinski definition) is 6. The predicted octanol–water partition coefficient (Wildman–Crippen LogP) is 5.44. The first kappa shape index (κ1) is 24.4. The summed E-state index contributed by atoms with van der Waals surface area (Å²) in [4.78, 5) is 23.6. The lowest BCUT2D eigenvalue weighted by Crippen LogP contribution is -2.48. The normalized spacial score (nSPS) is 14.2. The average Bonchev–Trinajstić information content (AvgIpc) is 2.91. The van der Waals surface area contributed by atoms with Crippen molar-refractivity contribution in [2.24, 2.45) is 0 Å². The van der Waals surface area contributed by atoms with Gasteiger partial charge in [-0.2, -0.15) is 13.2 Å². The molecule has 0 saturated carbocycles. The second kappa shape index (κ2) is 9.61. The second-order valence-corrected chi connectivity index (χ2v) is 8.53. The first-order valence-electron chi connectivity index (χ1n) is 11.6. The Kier molecular flexibility index (Phi) is 6.32. The number of aromatic nitrogens is 2. The molecule has 0 unspecified atom stereocenters. The van der Waals surface area contributed by atoms with Crippen LogP contribution in [0.15, 0.2) is 67.5 Å². The zero-order chi connectivity index (χ0) is 26.2. The van der Waals surface area contributed by atoms with Crippen molar-refractivity contribution in [2.45, 2.75) is 6.18 Å². The number of anilines is 1. The molecular formula is C27H23F3N4O3. The summed E-state index contributed by atoms with van der Waals surface area (Å²) >= 11 is 0. The highest BCUT2D eigenvalue weighted by atomic mass is 19.4. The van der Waals surface area contributed by atoms with Crippen molar-refractivity contribution in [1.29, 1.82) is 0 Å². The number of carbonyl (C=O) groups excluding carboxylic acids is 1. The zero-order valence-corrected chi connectivity index (χ0v) is 20.0. The molecule has 0 radical (unpaired) electrons. The summed E-state index contributed by atoms with van der Waals surface area (Å²) in [5, 5.41) is 2.15. The van der Waals surface area contributed by atoms with Crippen LogP contribution < -0.4 is 14.4 Å². The molecule has 0 atom stereocenters. The number of nitrogens with zero attached hydrogens (tertiary/aromatic N) is 4. The van der Waals surface area contributed by atoms with Crippen LogP contribution in [0.2, 0.25) is 0 Å². The second-order valence-electron chi connectivity index (χ2n) is 8.53. The van der Waals surface area contributed by atoms with Gasteiger partial charge in [-0.15, -0.1) is 0 Å². The van der Waals surface area contributed by atoms with Gasteiger partial charge in [0.25, 0.3) is 0 Å². The Morgan fingerprint density at radius 2 is 1.78 bits per heavy atom. The van der Waals surface area contributed by atoms with Crippen LogP contribution in [-0.2, 0) is 11.0 Å². The number of methoxy groups -OCH3 is 1. The molecule has 3 heterocycles. The number of alkyl halides is 3. The Morgan fingerprint density at radius 3 is 2.49 bits per heavy atom. The third-order valence-electron chi connectivity index (χ3n) is 6.34. The van der Waals surface area contributed by atoms with Crippen LogP contribution in [-0.4, -0.2) is 54.1 Å². The van der Waals surface area contributed by atoms with Crippen LogP contribution >= 0.6 is 0 Å². The fourth-order valence-corrected chi connectivity index (χ4v) is 4.45. The molecule has 190 valence electrons. The maximum atomic E-state index is 13.9. The fourth-order valence-electron chi connectivity index (χ4n) is 4.45. The van der Waals surface area contributed by atoms with E-state index in [0.29, 0.717) is 59.5 Å². The molecule has 1 amide bonds. The minimum absolute atomic E-state index is 0.180. The maximum absolute atomic E-state index is 13.9. The van der Waals surface area contributed by atoms with Gasteiger partial charge in [0.2, 0.25) is 11.8 Å². The number of benzene rings is 2. The molecule has 1 aliphatic heterocycles. The molecule has 0 spiro atoms. The number of pyridine rings is 2. The Morgan fingerprint density at radius 1 is 1.03 bits per heavy atom. The molecule has 1 aliphatic rings.